The standard InChI is InChI=1S/C15H14N2O6/c1-10-4-5-11(7-13(10)17(20)21)15(19)23-9-14(18)16-8-12-3-2-6-22-12/h2-7H,8-9H2,1H3,(H,16,18). The third-order valence-corrected chi connectivity index (χ3v) is 3.02. The Morgan fingerprint density at radius 1 is 1.35 bits per heavy atom. The van der Waals surface area contributed by atoms with Crippen molar-refractivity contribution >= 4 is 17.6 Å². The first-order valence-electron chi connectivity index (χ1n) is 6.68. The van der Waals surface area contributed by atoms with Crippen LogP contribution in [0.25, 0.3) is 0 Å². The zero-order valence-corrected chi connectivity index (χ0v) is 12.3. The first kappa shape index (κ1) is 16.2. The Hall–Kier alpha value is -3.16. The van der Waals surface area contributed by atoms with E-state index in [1.54, 1.807) is 19.1 Å². The summed E-state index contributed by atoms with van der Waals surface area (Å²) in [6.07, 6.45) is 1.48. The smallest absolute Gasteiger partial charge is 0.338 e. The third kappa shape index (κ3) is 4.40. The molecule has 1 amide bonds. The summed E-state index contributed by atoms with van der Waals surface area (Å²) in [6, 6.07) is 7.36. The molecule has 1 heterocycles. The summed E-state index contributed by atoms with van der Waals surface area (Å²) < 4.78 is 9.87. The van der Waals surface area contributed by atoms with Gasteiger partial charge in [0.05, 0.1) is 23.3 Å². The average Bonchev–Trinajstić information content (AvgIpc) is 3.04. The molecule has 0 aliphatic carbocycles. The monoisotopic (exact) mass is 318 g/mol. The highest BCUT2D eigenvalue weighted by Gasteiger charge is 2.16. The number of benzene rings is 1. The number of esters is 1. The van der Waals surface area contributed by atoms with Crippen LogP contribution in [0.1, 0.15) is 21.7 Å². The van der Waals surface area contributed by atoms with Crippen molar-refractivity contribution in [2.75, 3.05) is 6.61 Å². The molecule has 0 bridgehead atoms. The fourth-order valence-electron chi connectivity index (χ4n) is 1.80. The topological polar surface area (TPSA) is 112 Å². The lowest BCUT2D eigenvalue weighted by Gasteiger charge is -2.06. The van der Waals surface area contributed by atoms with E-state index in [1.807, 2.05) is 0 Å². The van der Waals surface area contributed by atoms with Crippen molar-refractivity contribution in [3.05, 3.63) is 63.6 Å². The Kier molecular flexibility index (Phi) is 5.08. The summed E-state index contributed by atoms with van der Waals surface area (Å²) in [6.45, 7) is 1.26. The van der Waals surface area contributed by atoms with E-state index in [0.29, 0.717) is 11.3 Å². The summed E-state index contributed by atoms with van der Waals surface area (Å²) >= 11 is 0. The molecule has 0 atom stereocenters. The number of hydrogen-bond acceptors (Lipinski definition) is 6. The van der Waals surface area contributed by atoms with Gasteiger partial charge < -0.3 is 14.5 Å². The van der Waals surface area contributed by atoms with E-state index >= 15 is 0 Å². The maximum atomic E-state index is 11.8. The zero-order chi connectivity index (χ0) is 16.8. The van der Waals surface area contributed by atoms with Gasteiger partial charge in [-0.05, 0) is 25.1 Å². The Balaban J connectivity index is 1.88. The van der Waals surface area contributed by atoms with E-state index in [9.17, 15) is 19.7 Å². The first-order valence-corrected chi connectivity index (χ1v) is 6.68. The summed E-state index contributed by atoms with van der Waals surface area (Å²) in [5.41, 5.74) is 0.269. The number of nitrogens with zero attached hydrogens (tertiary/aromatic N) is 1. The largest absolute Gasteiger partial charge is 0.467 e. The van der Waals surface area contributed by atoms with Gasteiger partial charge in [-0.2, -0.15) is 0 Å². The second kappa shape index (κ2) is 7.21. The number of carbonyl (C=O) groups is 2. The molecule has 0 radical (unpaired) electrons. The molecular formula is C15H14N2O6. The third-order valence-electron chi connectivity index (χ3n) is 3.02. The van der Waals surface area contributed by atoms with Crippen molar-refractivity contribution in [3.63, 3.8) is 0 Å². The maximum Gasteiger partial charge on any atom is 0.338 e. The lowest BCUT2D eigenvalue weighted by molar-refractivity contribution is -0.385. The normalized spacial score (nSPS) is 10.1. The van der Waals surface area contributed by atoms with Gasteiger partial charge in [0.1, 0.15) is 5.76 Å². The quantitative estimate of drug-likeness (QED) is 0.495. The van der Waals surface area contributed by atoms with Crippen LogP contribution in [0, 0.1) is 17.0 Å². The van der Waals surface area contributed by atoms with Crippen LogP contribution in [0.15, 0.2) is 41.0 Å². The number of ether oxygens (including phenoxy) is 1. The summed E-state index contributed by atoms with van der Waals surface area (Å²) in [7, 11) is 0. The van der Waals surface area contributed by atoms with Crippen LogP contribution in [0.2, 0.25) is 0 Å². The Morgan fingerprint density at radius 2 is 2.13 bits per heavy atom. The number of carbonyl (C=O) groups excluding carboxylic acids is 2. The SMILES string of the molecule is Cc1ccc(C(=O)OCC(=O)NCc2ccco2)cc1[N+](=O)[O-]. The lowest BCUT2D eigenvalue weighted by atomic mass is 10.1. The van der Waals surface area contributed by atoms with Gasteiger partial charge in [0.25, 0.3) is 11.6 Å². The van der Waals surface area contributed by atoms with Crippen molar-refractivity contribution in [2.45, 2.75) is 13.5 Å². The second-order valence-electron chi connectivity index (χ2n) is 4.69. The molecule has 1 N–H and O–H groups in total. The molecule has 8 nitrogen and oxygen atoms in total. The molecule has 0 aliphatic rings. The van der Waals surface area contributed by atoms with E-state index in [4.69, 9.17) is 9.15 Å². The Bertz CT molecular complexity index is 724. The minimum Gasteiger partial charge on any atom is -0.467 e. The Labute approximate surface area is 131 Å². The van der Waals surface area contributed by atoms with Gasteiger partial charge in [0, 0.05) is 11.6 Å². The predicted octanol–water partition coefficient (Wildman–Crippen LogP) is 1.97. The highest BCUT2D eigenvalue weighted by Crippen LogP contribution is 2.19. The average molecular weight is 318 g/mol. The van der Waals surface area contributed by atoms with Crippen molar-refractivity contribution in [1.29, 1.82) is 0 Å². The van der Waals surface area contributed by atoms with E-state index < -0.39 is 23.4 Å². The van der Waals surface area contributed by atoms with Crippen LogP contribution >= 0.6 is 0 Å². The number of nitrogens with one attached hydrogen (secondary N) is 1. The van der Waals surface area contributed by atoms with Crippen LogP contribution in [0.3, 0.4) is 0 Å². The molecule has 0 aliphatic heterocycles. The molecule has 1 aromatic heterocycles. The minimum atomic E-state index is -0.804. The molecule has 0 saturated carbocycles. The maximum absolute atomic E-state index is 11.8. The van der Waals surface area contributed by atoms with Gasteiger partial charge in [-0.15, -0.1) is 0 Å². The van der Waals surface area contributed by atoms with E-state index in [1.165, 1.54) is 18.4 Å². The molecule has 1 aromatic carbocycles. The van der Waals surface area contributed by atoms with Crippen molar-refractivity contribution < 1.29 is 23.7 Å². The van der Waals surface area contributed by atoms with Crippen LogP contribution in [-0.2, 0) is 16.1 Å². The number of nitro benzene ring substituents is 1. The first-order chi connectivity index (χ1) is 11.0. The van der Waals surface area contributed by atoms with Gasteiger partial charge in [0.15, 0.2) is 6.61 Å². The number of nitro groups is 1. The van der Waals surface area contributed by atoms with E-state index in [2.05, 4.69) is 5.32 Å². The van der Waals surface area contributed by atoms with Gasteiger partial charge in [-0.25, -0.2) is 4.79 Å². The van der Waals surface area contributed by atoms with Gasteiger partial charge in [0.2, 0.25) is 0 Å². The van der Waals surface area contributed by atoms with Crippen molar-refractivity contribution in [3.8, 4) is 0 Å². The summed E-state index contributed by atoms with van der Waals surface area (Å²) in [5, 5.41) is 13.4. The molecule has 0 spiro atoms. The predicted molar refractivity (Wildman–Crippen MR) is 78.7 cm³/mol. The van der Waals surface area contributed by atoms with Crippen molar-refractivity contribution in [1.82, 2.24) is 5.32 Å². The number of amides is 1. The molecule has 0 fully saturated rings. The van der Waals surface area contributed by atoms with Crippen molar-refractivity contribution in [2.24, 2.45) is 0 Å². The molecule has 120 valence electrons. The van der Waals surface area contributed by atoms with E-state index in [-0.39, 0.29) is 17.8 Å². The number of aryl methyl sites for hydroxylation is 1. The fourth-order valence-corrected chi connectivity index (χ4v) is 1.80. The molecular weight excluding hydrogens is 304 g/mol. The molecule has 0 saturated heterocycles. The highest BCUT2D eigenvalue weighted by atomic mass is 16.6. The number of furan rings is 1. The number of rotatable bonds is 6. The Morgan fingerprint density at radius 3 is 2.78 bits per heavy atom. The van der Waals surface area contributed by atoms with Crippen LogP contribution in [0.4, 0.5) is 5.69 Å². The fraction of sp³-hybridized carbons (Fsp3) is 0.200. The molecule has 23 heavy (non-hydrogen) atoms. The van der Waals surface area contributed by atoms with Gasteiger partial charge >= 0.3 is 5.97 Å². The second-order valence-corrected chi connectivity index (χ2v) is 4.69. The number of hydrogen-bond donors (Lipinski definition) is 1. The molecule has 0 unspecified atom stereocenters. The van der Waals surface area contributed by atoms with Crippen LogP contribution < -0.4 is 5.32 Å². The van der Waals surface area contributed by atoms with E-state index in [0.717, 1.165) is 6.07 Å². The van der Waals surface area contributed by atoms with Crippen LogP contribution in [0.5, 0.6) is 0 Å². The molecule has 2 aromatic rings. The minimum absolute atomic E-state index is 0.0149. The summed E-state index contributed by atoms with van der Waals surface area (Å²) in [5.74, 6) is -0.739. The highest BCUT2D eigenvalue weighted by molar-refractivity contribution is 5.92. The van der Waals surface area contributed by atoms with Crippen LogP contribution in [-0.4, -0.2) is 23.4 Å². The molecule has 8 heteroatoms. The van der Waals surface area contributed by atoms with Gasteiger partial charge in [-0.3, -0.25) is 14.9 Å². The lowest BCUT2D eigenvalue weighted by Crippen LogP contribution is -2.28. The summed E-state index contributed by atoms with van der Waals surface area (Å²) in [4.78, 5) is 33.6. The molecule has 2 rings (SSSR count). The van der Waals surface area contributed by atoms with Gasteiger partial charge in [-0.1, -0.05) is 6.07 Å². The zero-order valence-electron chi connectivity index (χ0n) is 12.3.